The van der Waals surface area contributed by atoms with Crippen LogP contribution in [0.4, 0.5) is 0 Å². The highest BCUT2D eigenvalue weighted by Crippen LogP contribution is 2.35. The third kappa shape index (κ3) is 1.50. The summed E-state index contributed by atoms with van der Waals surface area (Å²) >= 11 is 0. The molecule has 96 valence electrons. The number of hydrogen-bond donors (Lipinski definition) is 0. The molecule has 0 N–H and O–H groups in total. The van der Waals surface area contributed by atoms with Gasteiger partial charge in [0.2, 0.25) is 0 Å². The second-order valence-corrected chi connectivity index (χ2v) is 5.01. The molecule has 4 aromatic carbocycles. The fourth-order valence-corrected chi connectivity index (χ4v) is 3.01. The Morgan fingerprint density at radius 1 is 0.600 bits per heavy atom. The van der Waals surface area contributed by atoms with Gasteiger partial charge >= 0.3 is 0 Å². The maximum absolute atomic E-state index is 5.55. The van der Waals surface area contributed by atoms with Crippen molar-refractivity contribution in [3.05, 3.63) is 66.7 Å². The molecule has 0 fully saturated rings. The summed E-state index contributed by atoms with van der Waals surface area (Å²) in [6, 6.07) is 23.5. The zero-order valence-corrected chi connectivity index (χ0v) is 11.3. The van der Waals surface area contributed by atoms with Crippen LogP contribution in [-0.2, 0) is 0 Å². The van der Waals surface area contributed by atoms with Crippen molar-refractivity contribution in [3.8, 4) is 5.75 Å². The van der Waals surface area contributed by atoms with Gasteiger partial charge in [-0.3, -0.25) is 0 Å². The van der Waals surface area contributed by atoms with Crippen molar-refractivity contribution in [1.29, 1.82) is 0 Å². The number of methoxy groups -OCH3 is 1. The first-order valence-corrected chi connectivity index (χ1v) is 6.76. The zero-order chi connectivity index (χ0) is 13.5. The summed E-state index contributed by atoms with van der Waals surface area (Å²) in [6.45, 7) is 0. The molecule has 0 aliphatic heterocycles. The molecule has 0 amide bonds. The van der Waals surface area contributed by atoms with Gasteiger partial charge in [-0.2, -0.15) is 0 Å². The Morgan fingerprint density at radius 2 is 1.35 bits per heavy atom. The van der Waals surface area contributed by atoms with Gasteiger partial charge in [0.1, 0.15) is 5.75 Å². The smallest absolute Gasteiger partial charge is 0.127 e. The first-order chi connectivity index (χ1) is 9.88. The van der Waals surface area contributed by atoms with E-state index in [0.29, 0.717) is 0 Å². The van der Waals surface area contributed by atoms with Crippen LogP contribution in [0.25, 0.3) is 32.3 Å². The van der Waals surface area contributed by atoms with Crippen LogP contribution in [0.1, 0.15) is 0 Å². The second-order valence-electron chi connectivity index (χ2n) is 5.01. The lowest BCUT2D eigenvalue weighted by atomic mass is 9.97. The molecule has 20 heavy (non-hydrogen) atoms. The van der Waals surface area contributed by atoms with E-state index in [1.807, 2.05) is 12.1 Å². The van der Waals surface area contributed by atoms with Gasteiger partial charge in [-0.1, -0.05) is 60.7 Å². The second kappa shape index (κ2) is 4.24. The third-order valence-electron chi connectivity index (χ3n) is 3.95. The predicted molar refractivity (Wildman–Crippen MR) is 85.5 cm³/mol. The van der Waals surface area contributed by atoms with Gasteiger partial charge in [-0.25, -0.2) is 0 Å². The zero-order valence-electron chi connectivity index (χ0n) is 11.3. The molecule has 0 saturated heterocycles. The molecular weight excluding hydrogens is 244 g/mol. The van der Waals surface area contributed by atoms with Crippen LogP contribution < -0.4 is 4.74 Å². The molecule has 0 radical (unpaired) electrons. The lowest BCUT2D eigenvalue weighted by Gasteiger charge is -2.10. The minimum Gasteiger partial charge on any atom is -0.496 e. The van der Waals surface area contributed by atoms with E-state index in [2.05, 4.69) is 54.6 Å². The van der Waals surface area contributed by atoms with Crippen LogP contribution in [0.15, 0.2) is 66.7 Å². The van der Waals surface area contributed by atoms with Gasteiger partial charge in [0.15, 0.2) is 0 Å². The Bertz CT molecular complexity index is 938. The highest BCUT2D eigenvalue weighted by atomic mass is 16.5. The van der Waals surface area contributed by atoms with E-state index in [9.17, 15) is 0 Å². The van der Waals surface area contributed by atoms with Crippen molar-refractivity contribution in [3.63, 3.8) is 0 Å². The largest absolute Gasteiger partial charge is 0.496 e. The molecule has 0 atom stereocenters. The molecule has 1 nitrogen and oxygen atoms in total. The van der Waals surface area contributed by atoms with Crippen LogP contribution in [0.3, 0.4) is 0 Å². The van der Waals surface area contributed by atoms with Crippen molar-refractivity contribution >= 4 is 32.3 Å². The summed E-state index contributed by atoms with van der Waals surface area (Å²) in [7, 11) is 1.73. The molecule has 4 rings (SSSR count). The Kier molecular flexibility index (Phi) is 2.40. The maximum Gasteiger partial charge on any atom is 0.127 e. The van der Waals surface area contributed by atoms with E-state index >= 15 is 0 Å². The minimum absolute atomic E-state index is 0.934. The number of rotatable bonds is 1. The molecule has 0 saturated carbocycles. The van der Waals surface area contributed by atoms with Crippen molar-refractivity contribution in [1.82, 2.24) is 0 Å². The van der Waals surface area contributed by atoms with Gasteiger partial charge < -0.3 is 4.74 Å². The highest BCUT2D eigenvalue weighted by Gasteiger charge is 2.07. The van der Waals surface area contributed by atoms with E-state index in [1.54, 1.807) is 7.11 Å². The lowest BCUT2D eigenvalue weighted by molar-refractivity contribution is 0.420. The van der Waals surface area contributed by atoms with Crippen molar-refractivity contribution in [2.24, 2.45) is 0 Å². The molecular formula is C19H14O. The highest BCUT2D eigenvalue weighted by molar-refractivity contribution is 6.18. The number of benzene rings is 4. The normalized spacial score (nSPS) is 11.2. The topological polar surface area (TPSA) is 9.23 Å². The fraction of sp³-hybridized carbons (Fsp3) is 0.0526. The van der Waals surface area contributed by atoms with E-state index in [-0.39, 0.29) is 0 Å². The summed E-state index contributed by atoms with van der Waals surface area (Å²) in [5.74, 6) is 0.934. The molecule has 0 spiro atoms. The number of hydrogen-bond acceptors (Lipinski definition) is 1. The standard InChI is InChI=1S/C19H14O/c1-20-18-8-4-6-14-10-11-16-15-7-3-2-5-13(15)9-12-17(16)19(14)18/h2-12H,1H3. The summed E-state index contributed by atoms with van der Waals surface area (Å²) < 4.78 is 5.55. The maximum atomic E-state index is 5.55. The Hall–Kier alpha value is -2.54. The van der Waals surface area contributed by atoms with Crippen molar-refractivity contribution < 1.29 is 4.74 Å². The third-order valence-corrected chi connectivity index (χ3v) is 3.95. The first kappa shape index (κ1) is 11.3. The van der Waals surface area contributed by atoms with Crippen LogP contribution in [0.5, 0.6) is 5.75 Å². The van der Waals surface area contributed by atoms with E-state index in [1.165, 1.54) is 32.3 Å². The summed E-state index contributed by atoms with van der Waals surface area (Å²) in [6.07, 6.45) is 0. The van der Waals surface area contributed by atoms with Gasteiger partial charge in [-0.05, 0) is 33.0 Å². The Labute approximate surface area is 117 Å². The predicted octanol–water partition coefficient (Wildman–Crippen LogP) is 5.15. The summed E-state index contributed by atoms with van der Waals surface area (Å²) in [5.41, 5.74) is 0. The molecule has 0 heterocycles. The van der Waals surface area contributed by atoms with Gasteiger partial charge in [0.05, 0.1) is 7.11 Å². The van der Waals surface area contributed by atoms with Crippen molar-refractivity contribution in [2.45, 2.75) is 0 Å². The first-order valence-electron chi connectivity index (χ1n) is 6.76. The van der Waals surface area contributed by atoms with Gasteiger partial charge in [-0.15, -0.1) is 0 Å². The number of ether oxygens (including phenoxy) is 1. The lowest BCUT2D eigenvalue weighted by Crippen LogP contribution is -1.86. The monoisotopic (exact) mass is 258 g/mol. The van der Waals surface area contributed by atoms with E-state index in [0.717, 1.165) is 5.75 Å². The van der Waals surface area contributed by atoms with Crippen LogP contribution >= 0.6 is 0 Å². The van der Waals surface area contributed by atoms with Crippen molar-refractivity contribution in [2.75, 3.05) is 7.11 Å². The molecule has 1 heteroatoms. The Balaban J connectivity index is 2.28. The molecule has 0 bridgehead atoms. The van der Waals surface area contributed by atoms with Crippen LogP contribution in [0, 0.1) is 0 Å². The molecule has 0 aromatic heterocycles. The van der Waals surface area contributed by atoms with Crippen LogP contribution in [-0.4, -0.2) is 7.11 Å². The van der Waals surface area contributed by atoms with E-state index in [4.69, 9.17) is 4.74 Å². The molecule has 0 aliphatic rings. The fourth-order valence-electron chi connectivity index (χ4n) is 3.01. The SMILES string of the molecule is COc1cccc2ccc3c4ccccc4ccc3c12. The Morgan fingerprint density at radius 3 is 2.25 bits per heavy atom. The molecule has 0 aliphatic carbocycles. The molecule has 4 aromatic rings. The molecule has 0 unspecified atom stereocenters. The van der Waals surface area contributed by atoms with Gasteiger partial charge in [0.25, 0.3) is 0 Å². The summed E-state index contributed by atoms with van der Waals surface area (Å²) in [4.78, 5) is 0. The van der Waals surface area contributed by atoms with E-state index < -0.39 is 0 Å². The summed E-state index contributed by atoms with van der Waals surface area (Å²) in [5, 5.41) is 7.50. The average Bonchev–Trinajstić information content (AvgIpc) is 2.53. The minimum atomic E-state index is 0.934. The number of fused-ring (bicyclic) bond motifs is 5. The average molecular weight is 258 g/mol. The van der Waals surface area contributed by atoms with Crippen LogP contribution in [0.2, 0.25) is 0 Å². The van der Waals surface area contributed by atoms with Gasteiger partial charge in [0, 0.05) is 5.39 Å². The quantitative estimate of drug-likeness (QED) is 0.429.